The highest BCUT2D eigenvalue weighted by Gasteiger charge is 2.23. The molecule has 0 radical (unpaired) electrons. The van der Waals surface area contributed by atoms with E-state index in [2.05, 4.69) is 15.1 Å². The van der Waals surface area contributed by atoms with Crippen molar-refractivity contribution in [1.29, 1.82) is 0 Å². The van der Waals surface area contributed by atoms with E-state index in [1.807, 2.05) is 6.07 Å². The largest absolute Gasteiger partial charge is 0.390 e. The minimum Gasteiger partial charge on any atom is -0.390 e. The molecule has 5 heteroatoms. The Morgan fingerprint density at radius 2 is 2.40 bits per heavy atom. The molecule has 1 N–H and O–H groups in total. The van der Waals surface area contributed by atoms with Gasteiger partial charge in [-0.2, -0.15) is 5.10 Å². The van der Waals surface area contributed by atoms with Crippen LogP contribution in [0.3, 0.4) is 0 Å². The van der Waals surface area contributed by atoms with E-state index in [-0.39, 0.29) is 6.61 Å². The van der Waals surface area contributed by atoms with Crippen LogP contribution in [-0.4, -0.2) is 41.6 Å². The molecule has 2 heterocycles. The van der Waals surface area contributed by atoms with Crippen LogP contribution in [0.4, 0.5) is 5.82 Å². The van der Waals surface area contributed by atoms with E-state index in [0.29, 0.717) is 11.8 Å². The lowest BCUT2D eigenvalue weighted by Gasteiger charge is -2.16. The Labute approximate surface area is 88.7 Å². The van der Waals surface area contributed by atoms with Crippen LogP contribution in [0.2, 0.25) is 0 Å². The van der Waals surface area contributed by atoms with Gasteiger partial charge >= 0.3 is 0 Å². The van der Waals surface area contributed by atoms with Crippen LogP contribution < -0.4 is 4.90 Å². The third-order valence-corrected chi connectivity index (χ3v) is 2.67. The Kier molecular flexibility index (Phi) is 3.13. The van der Waals surface area contributed by atoms with Gasteiger partial charge < -0.3 is 14.7 Å². The number of ether oxygens (including phenoxy) is 1. The summed E-state index contributed by atoms with van der Waals surface area (Å²) >= 11 is 0. The number of nitrogens with zero attached hydrogens (tertiary/aromatic N) is 3. The van der Waals surface area contributed by atoms with E-state index >= 15 is 0 Å². The Morgan fingerprint density at radius 3 is 2.93 bits per heavy atom. The monoisotopic (exact) mass is 209 g/mol. The van der Waals surface area contributed by atoms with Gasteiger partial charge in [0.1, 0.15) is 0 Å². The van der Waals surface area contributed by atoms with Crippen molar-refractivity contribution in [1.82, 2.24) is 10.2 Å². The van der Waals surface area contributed by atoms with Crippen LogP contribution >= 0.6 is 0 Å². The fraction of sp³-hybridized carbons (Fsp3) is 0.600. The summed E-state index contributed by atoms with van der Waals surface area (Å²) in [6, 6.07) is 3.68. The Hall–Kier alpha value is -1.20. The van der Waals surface area contributed by atoms with Gasteiger partial charge in [0.2, 0.25) is 0 Å². The van der Waals surface area contributed by atoms with Gasteiger partial charge in [-0.25, -0.2) is 0 Å². The quantitative estimate of drug-likeness (QED) is 0.770. The van der Waals surface area contributed by atoms with Crippen LogP contribution in [0.5, 0.6) is 0 Å². The third kappa shape index (κ3) is 2.24. The normalized spacial score (nSPS) is 20.9. The van der Waals surface area contributed by atoms with Crippen LogP contribution in [-0.2, 0) is 11.3 Å². The lowest BCUT2D eigenvalue weighted by atomic mass is 10.3. The van der Waals surface area contributed by atoms with E-state index in [9.17, 15) is 0 Å². The van der Waals surface area contributed by atoms with Crippen molar-refractivity contribution in [3.63, 3.8) is 0 Å². The fourth-order valence-corrected chi connectivity index (χ4v) is 1.73. The molecule has 1 aromatic rings. The molecule has 1 aliphatic heterocycles. The van der Waals surface area contributed by atoms with E-state index in [1.54, 1.807) is 13.2 Å². The molecule has 0 saturated carbocycles. The number of aromatic nitrogens is 2. The summed E-state index contributed by atoms with van der Waals surface area (Å²) in [4.78, 5) is 2.14. The minimum atomic E-state index is -0.0615. The number of methoxy groups -OCH3 is 1. The molecule has 0 aliphatic carbocycles. The van der Waals surface area contributed by atoms with E-state index in [1.165, 1.54) is 0 Å². The van der Waals surface area contributed by atoms with Crippen molar-refractivity contribution in [2.45, 2.75) is 19.1 Å². The van der Waals surface area contributed by atoms with Gasteiger partial charge in [-0.3, -0.25) is 0 Å². The van der Waals surface area contributed by atoms with Gasteiger partial charge in [-0.1, -0.05) is 0 Å². The Balaban J connectivity index is 2.04. The van der Waals surface area contributed by atoms with Crippen molar-refractivity contribution in [3.05, 3.63) is 17.8 Å². The molecule has 1 saturated heterocycles. The Bertz CT molecular complexity index is 315. The number of hydrogen-bond donors (Lipinski definition) is 1. The second kappa shape index (κ2) is 4.55. The highest BCUT2D eigenvalue weighted by Crippen LogP contribution is 2.18. The molecule has 15 heavy (non-hydrogen) atoms. The average molecular weight is 209 g/mol. The van der Waals surface area contributed by atoms with Gasteiger partial charge in [0, 0.05) is 20.2 Å². The number of aliphatic hydroxyl groups excluding tert-OH is 1. The molecule has 82 valence electrons. The molecular formula is C10H15N3O2. The molecule has 1 unspecified atom stereocenters. The molecule has 2 rings (SSSR count). The molecule has 1 atom stereocenters. The molecule has 5 nitrogen and oxygen atoms in total. The lowest BCUT2D eigenvalue weighted by Crippen LogP contribution is -2.23. The zero-order valence-electron chi connectivity index (χ0n) is 8.76. The van der Waals surface area contributed by atoms with Crippen molar-refractivity contribution in [2.75, 3.05) is 25.1 Å². The second-order valence-electron chi connectivity index (χ2n) is 3.63. The highest BCUT2D eigenvalue weighted by atomic mass is 16.5. The maximum absolute atomic E-state index is 8.84. The summed E-state index contributed by atoms with van der Waals surface area (Å²) in [5.74, 6) is 0.853. The molecule has 1 fully saturated rings. The van der Waals surface area contributed by atoms with Crippen molar-refractivity contribution in [3.8, 4) is 0 Å². The highest BCUT2D eigenvalue weighted by molar-refractivity contribution is 5.38. The number of anilines is 1. The predicted molar refractivity (Wildman–Crippen MR) is 55.6 cm³/mol. The van der Waals surface area contributed by atoms with Gasteiger partial charge in [0.15, 0.2) is 5.82 Å². The first-order valence-corrected chi connectivity index (χ1v) is 5.04. The van der Waals surface area contributed by atoms with Crippen LogP contribution in [0.15, 0.2) is 12.1 Å². The zero-order chi connectivity index (χ0) is 10.7. The standard InChI is InChI=1S/C10H15N3O2/c1-15-9-4-5-13(6-9)10-3-2-8(7-14)11-12-10/h2-3,9,14H,4-7H2,1H3. The average Bonchev–Trinajstić information content (AvgIpc) is 2.78. The molecule has 0 aromatic carbocycles. The van der Waals surface area contributed by atoms with Gasteiger partial charge in [-0.05, 0) is 18.6 Å². The number of rotatable bonds is 3. The zero-order valence-corrected chi connectivity index (χ0v) is 8.76. The first-order chi connectivity index (χ1) is 7.33. The van der Waals surface area contributed by atoms with Gasteiger partial charge in [0.25, 0.3) is 0 Å². The molecule has 0 bridgehead atoms. The van der Waals surface area contributed by atoms with Crippen molar-refractivity contribution < 1.29 is 9.84 Å². The van der Waals surface area contributed by atoms with Gasteiger partial charge in [-0.15, -0.1) is 5.10 Å². The maximum atomic E-state index is 8.84. The predicted octanol–water partition coefficient (Wildman–Crippen LogP) is 0.194. The minimum absolute atomic E-state index is 0.0615. The number of hydrogen-bond acceptors (Lipinski definition) is 5. The SMILES string of the molecule is COC1CCN(c2ccc(CO)nn2)C1. The first-order valence-electron chi connectivity index (χ1n) is 5.04. The van der Waals surface area contributed by atoms with E-state index < -0.39 is 0 Å². The third-order valence-electron chi connectivity index (χ3n) is 2.67. The Morgan fingerprint density at radius 1 is 1.53 bits per heavy atom. The van der Waals surface area contributed by atoms with Crippen LogP contribution in [0, 0.1) is 0 Å². The summed E-state index contributed by atoms with van der Waals surface area (Å²) in [6.07, 6.45) is 1.32. The van der Waals surface area contributed by atoms with Gasteiger partial charge in [0.05, 0.1) is 18.4 Å². The first kappa shape index (κ1) is 10.3. The van der Waals surface area contributed by atoms with Crippen LogP contribution in [0.1, 0.15) is 12.1 Å². The smallest absolute Gasteiger partial charge is 0.151 e. The summed E-state index contributed by atoms with van der Waals surface area (Å²) in [7, 11) is 1.73. The van der Waals surface area contributed by atoms with Crippen molar-refractivity contribution >= 4 is 5.82 Å². The second-order valence-corrected chi connectivity index (χ2v) is 3.63. The summed E-state index contributed by atoms with van der Waals surface area (Å²) in [6.45, 7) is 1.75. The lowest BCUT2D eigenvalue weighted by molar-refractivity contribution is 0.121. The van der Waals surface area contributed by atoms with Crippen LogP contribution in [0.25, 0.3) is 0 Å². The van der Waals surface area contributed by atoms with E-state index in [0.717, 1.165) is 25.3 Å². The molecule has 0 amide bonds. The molecule has 1 aliphatic rings. The molecular weight excluding hydrogens is 194 g/mol. The summed E-state index contributed by atoms with van der Waals surface area (Å²) < 4.78 is 5.28. The number of aliphatic hydroxyl groups is 1. The van der Waals surface area contributed by atoms with Crippen molar-refractivity contribution in [2.24, 2.45) is 0 Å². The molecule has 1 aromatic heterocycles. The molecule has 0 spiro atoms. The summed E-state index contributed by atoms with van der Waals surface area (Å²) in [5, 5.41) is 16.8. The summed E-state index contributed by atoms with van der Waals surface area (Å²) in [5.41, 5.74) is 0.598. The fourth-order valence-electron chi connectivity index (χ4n) is 1.73. The maximum Gasteiger partial charge on any atom is 0.151 e. The topological polar surface area (TPSA) is 58.5 Å². The van der Waals surface area contributed by atoms with E-state index in [4.69, 9.17) is 9.84 Å².